The van der Waals surface area contributed by atoms with Crippen LogP contribution in [0.1, 0.15) is 32.4 Å². The van der Waals surface area contributed by atoms with E-state index in [9.17, 15) is 14.0 Å². The lowest BCUT2D eigenvalue weighted by Gasteiger charge is -2.29. The van der Waals surface area contributed by atoms with Crippen molar-refractivity contribution < 1.29 is 27.6 Å². The van der Waals surface area contributed by atoms with Crippen LogP contribution < -0.4 is 11.1 Å². The van der Waals surface area contributed by atoms with E-state index in [2.05, 4.69) is 25.0 Å². The van der Waals surface area contributed by atoms with E-state index in [4.69, 9.17) is 25.5 Å². The fraction of sp³-hybridized carbons (Fsp3) is 0.385. The van der Waals surface area contributed by atoms with Crippen molar-refractivity contribution >= 4 is 34.8 Å². The molecule has 0 radical (unpaired) electrons. The molecule has 0 bridgehead atoms. The van der Waals surface area contributed by atoms with Crippen LogP contribution in [0.25, 0.3) is 22.5 Å². The number of H-pyrrole nitrogens is 1. The Balaban J connectivity index is 1.41. The summed E-state index contributed by atoms with van der Waals surface area (Å²) in [4.78, 5) is 32.9. The molecule has 2 aromatic carbocycles. The third-order valence-corrected chi connectivity index (χ3v) is 6.40. The zero-order valence-corrected chi connectivity index (χ0v) is 22.3. The van der Waals surface area contributed by atoms with E-state index in [-0.39, 0.29) is 42.5 Å². The fourth-order valence-electron chi connectivity index (χ4n) is 4.40. The lowest BCUT2D eigenvalue weighted by molar-refractivity contribution is 0.0231. The molecule has 2 aromatic heterocycles. The first-order chi connectivity index (χ1) is 18.6. The van der Waals surface area contributed by atoms with Gasteiger partial charge in [0.1, 0.15) is 16.9 Å². The van der Waals surface area contributed by atoms with Crippen molar-refractivity contribution in [2.75, 3.05) is 31.6 Å². The quantitative estimate of drug-likeness (QED) is 0.346. The van der Waals surface area contributed by atoms with Crippen LogP contribution in [0, 0.1) is 11.7 Å². The van der Waals surface area contributed by atoms with Crippen LogP contribution >= 0.6 is 11.6 Å². The number of anilines is 1. The van der Waals surface area contributed by atoms with Gasteiger partial charge in [0.15, 0.2) is 11.4 Å². The summed E-state index contributed by atoms with van der Waals surface area (Å²) in [6.07, 6.45) is -1.02. The molecule has 0 saturated carbocycles. The predicted octanol–water partition coefficient (Wildman–Crippen LogP) is 5.00. The molecule has 0 spiro atoms. The van der Waals surface area contributed by atoms with Crippen LogP contribution in [0.5, 0.6) is 0 Å². The van der Waals surface area contributed by atoms with Crippen LogP contribution in [-0.4, -0.2) is 58.0 Å². The van der Waals surface area contributed by atoms with E-state index in [1.807, 2.05) is 0 Å². The Bertz CT molecular complexity index is 1540. The molecule has 1 fully saturated rings. The molecule has 4 aromatic rings. The van der Waals surface area contributed by atoms with Gasteiger partial charge in [-0.25, -0.2) is 14.0 Å². The highest BCUT2D eigenvalue weighted by molar-refractivity contribution is 6.30. The lowest BCUT2D eigenvalue weighted by atomic mass is 9.95. The van der Waals surface area contributed by atoms with Crippen molar-refractivity contribution in [1.82, 2.24) is 20.0 Å². The van der Waals surface area contributed by atoms with Gasteiger partial charge < -0.3 is 24.1 Å². The zero-order valence-electron chi connectivity index (χ0n) is 21.5. The van der Waals surface area contributed by atoms with Gasteiger partial charge in [-0.15, -0.1) is 0 Å². The highest BCUT2D eigenvalue weighted by Crippen LogP contribution is 2.33. The van der Waals surface area contributed by atoms with Crippen LogP contribution in [0.15, 0.2) is 50.1 Å². The van der Waals surface area contributed by atoms with E-state index in [0.717, 1.165) is 0 Å². The zero-order chi connectivity index (χ0) is 27.7. The molecular formula is C26H27ClFN5O6. The average Bonchev–Trinajstić information content (AvgIpc) is 3.43. The number of hydrogen-bond acceptors (Lipinski definition) is 9. The minimum atomic E-state index is -0.684. The van der Waals surface area contributed by atoms with Crippen molar-refractivity contribution in [2.45, 2.75) is 32.5 Å². The highest BCUT2D eigenvalue weighted by atomic mass is 35.5. The highest BCUT2D eigenvalue weighted by Gasteiger charge is 2.33. The molecule has 5 rings (SSSR count). The van der Waals surface area contributed by atoms with Gasteiger partial charge in [-0.05, 0) is 50.6 Å². The number of carbonyl (C=O) groups is 1. The minimum Gasteiger partial charge on any atom is -0.444 e. The number of nitrogens with one attached hydrogen (secondary N) is 2. The number of aromatic nitrogens is 3. The number of hydrogen-bond donors (Lipinski definition) is 2. The number of para-hydroxylation sites is 1. The number of fused-ring (bicyclic) bond motifs is 1. The van der Waals surface area contributed by atoms with Crippen molar-refractivity contribution in [3.8, 4) is 11.4 Å². The van der Waals surface area contributed by atoms with Gasteiger partial charge >= 0.3 is 11.8 Å². The third kappa shape index (κ3) is 6.07. The molecule has 3 heterocycles. The summed E-state index contributed by atoms with van der Waals surface area (Å²) in [5.74, 6) is -1.37. The SMILES string of the molecule is CC(C)(C)OC(=O)N1CCO[C@@H](c2ccc(Cl)c(F)c2)[C@H](CNc2nc3c(-c4noc(=O)[nH]4)cccc3o2)C1. The van der Waals surface area contributed by atoms with Crippen LogP contribution in [0.4, 0.5) is 15.2 Å². The summed E-state index contributed by atoms with van der Waals surface area (Å²) in [5, 5.41) is 6.92. The molecule has 1 aliphatic rings. The topological polar surface area (TPSA) is 136 Å². The molecule has 2 N–H and O–H groups in total. The van der Waals surface area contributed by atoms with Crippen molar-refractivity contribution in [3.05, 3.63) is 63.4 Å². The van der Waals surface area contributed by atoms with Crippen LogP contribution in [0.2, 0.25) is 5.02 Å². The summed E-state index contributed by atoms with van der Waals surface area (Å²) in [6, 6.07) is 9.93. The number of amides is 1. The Kier molecular flexibility index (Phi) is 7.32. The molecule has 0 aliphatic carbocycles. The van der Waals surface area contributed by atoms with Crippen molar-refractivity contribution in [1.29, 1.82) is 0 Å². The Morgan fingerprint density at radius 1 is 1.31 bits per heavy atom. The Hall–Kier alpha value is -3.90. The van der Waals surface area contributed by atoms with Gasteiger partial charge in [-0.2, -0.15) is 4.98 Å². The molecule has 1 saturated heterocycles. The molecule has 2 atom stereocenters. The van der Waals surface area contributed by atoms with E-state index >= 15 is 0 Å². The number of aromatic amines is 1. The standard InChI is InChI=1S/C26H27ClFN5O6/c1-26(2,3)38-25(35)33-9-10-36-21(14-7-8-17(27)18(28)11-14)15(13-33)12-29-23-30-20-16(5-4-6-19(20)37-23)22-31-24(34)39-32-22/h4-8,11,15,21H,9-10,12-13H2,1-3H3,(H,29,30)(H,31,32,34)/t15-,21+/m1/s1. The summed E-state index contributed by atoms with van der Waals surface area (Å²) >= 11 is 5.90. The summed E-state index contributed by atoms with van der Waals surface area (Å²) in [6.45, 7) is 6.46. The number of carbonyl (C=O) groups excluding carboxylic acids is 1. The molecule has 0 unspecified atom stereocenters. The molecular weight excluding hydrogens is 533 g/mol. The van der Waals surface area contributed by atoms with Gasteiger partial charge in [0.25, 0.3) is 6.01 Å². The van der Waals surface area contributed by atoms with Crippen molar-refractivity contribution in [3.63, 3.8) is 0 Å². The first-order valence-electron chi connectivity index (χ1n) is 12.3. The third-order valence-electron chi connectivity index (χ3n) is 6.10. The monoisotopic (exact) mass is 559 g/mol. The average molecular weight is 560 g/mol. The maximum atomic E-state index is 14.4. The molecule has 13 heteroatoms. The van der Waals surface area contributed by atoms with E-state index in [1.165, 1.54) is 12.1 Å². The predicted molar refractivity (Wildman–Crippen MR) is 140 cm³/mol. The van der Waals surface area contributed by atoms with Gasteiger partial charge in [0, 0.05) is 25.6 Å². The lowest BCUT2D eigenvalue weighted by Crippen LogP contribution is -2.41. The summed E-state index contributed by atoms with van der Waals surface area (Å²) in [5.41, 5.74) is 1.37. The largest absolute Gasteiger partial charge is 0.444 e. The molecule has 1 amide bonds. The Labute approximate surface area is 227 Å². The minimum absolute atomic E-state index is 0.00756. The van der Waals surface area contributed by atoms with Crippen LogP contribution in [0.3, 0.4) is 0 Å². The van der Waals surface area contributed by atoms with Gasteiger partial charge in [0.05, 0.1) is 23.3 Å². The number of ether oxygens (including phenoxy) is 2. The van der Waals surface area contributed by atoms with Gasteiger partial charge in [0.2, 0.25) is 0 Å². The van der Waals surface area contributed by atoms with Crippen molar-refractivity contribution in [2.24, 2.45) is 5.92 Å². The second-order valence-electron chi connectivity index (χ2n) is 10.1. The van der Waals surface area contributed by atoms with Crippen LogP contribution in [-0.2, 0) is 9.47 Å². The molecule has 39 heavy (non-hydrogen) atoms. The van der Waals surface area contributed by atoms with Gasteiger partial charge in [-0.1, -0.05) is 28.9 Å². The maximum absolute atomic E-state index is 14.4. The first-order valence-corrected chi connectivity index (χ1v) is 12.7. The van der Waals surface area contributed by atoms with E-state index < -0.39 is 29.4 Å². The number of benzene rings is 2. The summed E-state index contributed by atoms with van der Waals surface area (Å²) in [7, 11) is 0. The maximum Gasteiger partial charge on any atom is 0.439 e. The fourth-order valence-corrected chi connectivity index (χ4v) is 4.51. The number of nitrogens with zero attached hydrogens (tertiary/aromatic N) is 3. The normalized spacial score (nSPS) is 18.2. The smallest absolute Gasteiger partial charge is 0.439 e. The Morgan fingerprint density at radius 2 is 2.13 bits per heavy atom. The summed E-state index contributed by atoms with van der Waals surface area (Å²) < 4.78 is 36.6. The molecule has 1 aliphatic heterocycles. The Morgan fingerprint density at radius 3 is 2.85 bits per heavy atom. The molecule has 206 valence electrons. The molecule has 11 nitrogen and oxygen atoms in total. The van der Waals surface area contributed by atoms with E-state index in [1.54, 1.807) is 49.9 Å². The first kappa shape index (κ1) is 26.7. The van der Waals surface area contributed by atoms with E-state index in [0.29, 0.717) is 28.8 Å². The second-order valence-corrected chi connectivity index (χ2v) is 10.6. The second kappa shape index (κ2) is 10.7. The number of rotatable bonds is 5. The number of oxazole rings is 1. The van der Waals surface area contributed by atoms with Gasteiger partial charge in [-0.3, -0.25) is 9.51 Å². The number of halogens is 2.